The number of azo groups is 1. The molecule has 21 heavy (non-hydrogen) atoms. The third kappa shape index (κ3) is 3.69. The highest BCUT2D eigenvalue weighted by Gasteiger charge is 2.14. The number of benzene rings is 2. The molecule has 0 spiro atoms. The number of nitrogens with zero attached hydrogens (tertiary/aromatic N) is 2. The highest BCUT2D eigenvalue weighted by Crippen LogP contribution is 2.33. The Morgan fingerprint density at radius 2 is 1.24 bits per heavy atom. The third-order valence-corrected chi connectivity index (χ3v) is 4.10. The Balaban J connectivity index is 1.67. The number of rotatable bonds is 3. The summed E-state index contributed by atoms with van der Waals surface area (Å²) >= 11 is 0. The lowest BCUT2D eigenvalue weighted by Gasteiger charge is -2.21. The summed E-state index contributed by atoms with van der Waals surface area (Å²) in [6.07, 6.45) is 6.72. The van der Waals surface area contributed by atoms with Gasteiger partial charge >= 0.3 is 0 Å². The van der Waals surface area contributed by atoms with Gasteiger partial charge in [0.1, 0.15) is 5.75 Å². The molecule has 108 valence electrons. The van der Waals surface area contributed by atoms with Crippen LogP contribution in [0.4, 0.5) is 11.4 Å². The van der Waals surface area contributed by atoms with Gasteiger partial charge in [0, 0.05) is 0 Å². The molecule has 1 saturated carbocycles. The van der Waals surface area contributed by atoms with Crippen LogP contribution in [0.2, 0.25) is 0 Å². The number of phenolic OH excluding ortho intramolecular Hbond substituents is 1. The Morgan fingerprint density at radius 1 is 0.714 bits per heavy atom. The lowest BCUT2D eigenvalue weighted by Crippen LogP contribution is -2.03. The van der Waals surface area contributed by atoms with Gasteiger partial charge in [0.25, 0.3) is 0 Å². The van der Waals surface area contributed by atoms with Gasteiger partial charge in [-0.1, -0.05) is 31.4 Å². The van der Waals surface area contributed by atoms with Gasteiger partial charge in [0.15, 0.2) is 0 Å². The SMILES string of the molecule is Oc1ccc(N=Nc2ccc(C3CCCCC3)cc2)cc1. The first-order valence-corrected chi connectivity index (χ1v) is 7.62. The molecule has 0 atom stereocenters. The van der Waals surface area contributed by atoms with Crippen molar-refractivity contribution in [1.82, 2.24) is 0 Å². The maximum Gasteiger partial charge on any atom is 0.115 e. The first-order valence-electron chi connectivity index (χ1n) is 7.62. The van der Waals surface area contributed by atoms with E-state index in [1.807, 2.05) is 12.1 Å². The quantitative estimate of drug-likeness (QED) is 0.703. The van der Waals surface area contributed by atoms with Crippen LogP contribution in [0.3, 0.4) is 0 Å². The topological polar surface area (TPSA) is 45.0 Å². The zero-order valence-corrected chi connectivity index (χ0v) is 12.1. The number of phenols is 1. The molecule has 0 amide bonds. The minimum atomic E-state index is 0.241. The van der Waals surface area contributed by atoms with Crippen molar-refractivity contribution in [3.63, 3.8) is 0 Å². The Morgan fingerprint density at radius 3 is 1.81 bits per heavy atom. The molecule has 0 aliphatic heterocycles. The predicted molar refractivity (Wildman–Crippen MR) is 84.6 cm³/mol. The summed E-state index contributed by atoms with van der Waals surface area (Å²) in [7, 11) is 0. The highest BCUT2D eigenvalue weighted by molar-refractivity contribution is 5.43. The zero-order valence-electron chi connectivity index (χ0n) is 12.1. The lowest BCUT2D eigenvalue weighted by molar-refractivity contribution is 0.443. The molecule has 1 N–H and O–H groups in total. The van der Waals surface area contributed by atoms with Crippen molar-refractivity contribution in [1.29, 1.82) is 0 Å². The van der Waals surface area contributed by atoms with Crippen LogP contribution in [-0.4, -0.2) is 5.11 Å². The van der Waals surface area contributed by atoms with Crippen molar-refractivity contribution in [2.45, 2.75) is 38.0 Å². The number of hydrogen-bond donors (Lipinski definition) is 1. The fourth-order valence-electron chi connectivity index (χ4n) is 2.88. The van der Waals surface area contributed by atoms with Gasteiger partial charge in [-0.15, -0.1) is 0 Å². The first-order chi connectivity index (χ1) is 10.3. The monoisotopic (exact) mass is 280 g/mol. The molecule has 2 aromatic carbocycles. The molecule has 3 rings (SSSR count). The van der Waals surface area contributed by atoms with E-state index in [2.05, 4.69) is 22.4 Å². The standard InChI is InChI=1S/C18H20N2O/c21-18-12-10-17(11-13-18)20-19-16-8-6-15(7-9-16)14-4-2-1-3-5-14/h6-14,21H,1-5H2. The van der Waals surface area contributed by atoms with E-state index < -0.39 is 0 Å². The van der Waals surface area contributed by atoms with E-state index in [9.17, 15) is 5.11 Å². The van der Waals surface area contributed by atoms with Crippen molar-refractivity contribution in [3.05, 3.63) is 54.1 Å². The van der Waals surface area contributed by atoms with Gasteiger partial charge in [0.2, 0.25) is 0 Å². The van der Waals surface area contributed by atoms with E-state index in [-0.39, 0.29) is 5.75 Å². The number of hydrogen-bond acceptors (Lipinski definition) is 3. The fourth-order valence-corrected chi connectivity index (χ4v) is 2.88. The normalized spacial score (nSPS) is 16.4. The average Bonchev–Trinajstić information content (AvgIpc) is 2.56. The van der Waals surface area contributed by atoms with Crippen LogP contribution in [-0.2, 0) is 0 Å². The molecule has 2 aromatic rings. The second-order valence-electron chi connectivity index (χ2n) is 5.64. The van der Waals surface area contributed by atoms with Crippen LogP contribution in [0.15, 0.2) is 58.8 Å². The molecule has 0 radical (unpaired) electrons. The second-order valence-corrected chi connectivity index (χ2v) is 5.64. The lowest BCUT2D eigenvalue weighted by atomic mass is 9.84. The van der Waals surface area contributed by atoms with Crippen molar-refractivity contribution in [2.24, 2.45) is 10.2 Å². The average molecular weight is 280 g/mol. The fraction of sp³-hybridized carbons (Fsp3) is 0.333. The van der Waals surface area contributed by atoms with E-state index >= 15 is 0 Å². The minimum absolute atomic E-state index is 0.241. The molecular formula is C18H20N2O. The van der Waals surface area contributed by atoms with Crippen LogP contribution in [0.25, 0.3) is 0 Å². The van der Waals surface area contributed by atoms with Crippen molar-refractivity contribution >= 4 is 11.4 Å². The summed E-state index contributed by atoms with van der Waals surface area (Å²) in [5.74, 6) is 0.965. The van der Waals surface area contributed by atoms with E-state index in [0.29, 0.717) is 0 Å². The van der Waals surface area contributed by atoms with Gasteiger partial charge < -0.3 is 5.11 Å². The van der Waals surface area contributed by atoms with Gasteiger partial charge in [0.05, 0.1) is 11.4 Å². The Labute approximate surface area is 125 Å². The molecule has 0 saturated heterocycles. The second kappa shape index (κ2) is 6.53. The molecule has 0 bridgehead atoms. The van der Waals surface area contributed by atoms with Crippen LogP contribution in [0.5, 0.6) is 5.75 Å². The molecule has 1 fully saturated rings. The summed E-state index contributed by atoms with van der Waals surface area (Å²) in [5, 5.41) is 17.6. The van der Waals surface area contributed by atoms with Gasteiger partial charge in [-0.3, -0.25) is 0 Å². The highest BCUT2D eigenvalue weighted by atomic mass is 16.3. The molecule has 0 unspecified atom stereocenters. The Bertz CT molecular complexity index is 596. The van der Waals surface area contributed by atoms with Gasteiger partial charge in [-0.2, -0.15) is 10.2 Å². The first kappa shape index (κ1) is 13.8. The summed E-state index contributed by atoms with van der Waals surface area (Å²) in [6.45, 7) is 0. The summed E-state index contributed by atoms with van der Waals surface area (Å²) < 4.78 is 0. The molecule has 3 heteroatoms. The summed E-state index contributed by atoms with van der Waals surface area (Å²) in [4.78, 5) is 0. The molecule has 0 heterocycles. The van der Waals surface area contributed by atoms with Crippen LogP contribution in [0, 0.1) is 0 Å². The Hall–Kier alpha value is -2.16. The van der Waals surface area contributed by atoms with Crippen molar-refractivity contribution in [2.75, 3.05) is 0 Å². The summed E-state index contributed by atoms with van der Waals surface area (Å²) in [6, 6.07) is 15.1. The summed E-state index contributed by atoms with van der Waals surface area (Å²) in [5.41, 5.74) is 3.03. The van der Waals surface area contributed by atoms with Crippen LogP contribution < -0.4 is 0 Å². The van der Waals surface area contributed by atoms with Crippen LogP contribution in [0.1, 0.15) is 43.6 Å². The molecule has 0 aromatic heterocycles. The maximum absolute atomic E-state index is 9.22. The van der Waals surface area contributed by atoms with Crippen molar-refractivity contribution < 1.29 is 5.11 Å². The van der Waals surface area contributed by atoms with E-state index in [1.54, 1.807) is 24.3 Å². The van der Waals surface area contributed by atoms with Gasteiger partial charge in [-0.25, -0.2) is 0 Å². The van der Waals surface area contributed by atoms with E-state index in [0.717, 1.165) is 17.3 Å². The predicted octanol–water partition coefficient (Wildman–Crippen LogP) is 5.86. The molecule has 3 nitrogen and oxygen atoms in total. The molecule has 1 aliphatic rings. The van der Waals surface area contributed by atoms with Crippen LogP contribution >= 0.6 is 0 Å². The molecular weight excluding hydrogens is 260 g/mol. The maximum atomic E-state index is 9.22. The Kier molecular flexibility index (Phi) is 4.29. The zero-order chi connectivity index (χ0) is 14.5. The largest absolute Gasteiger partial charge is 0.508 e. The van der Waals surface area contributed by atoms with Crippen molar-refractivity contribution in [3.8, 4) is 5.75 Å². The van der Waals surface area contributed by atoms with E-state index in [4.69, 9.17) is 0 Å². The molecule has 1 aliphatic carbocycles. The smallest absolute Gasteiger partial charge is 0.115 e. The number of aromatic hydroxyl groups is 1. The van der Waals surface area contributed by atoms with Gasteiger partial charge in [-0.05, 0) is 60.7 Å². The third-order valence-electron chi connectivity index (χ3n) is 4.10. The van der Waals surface area contributed by atoms with E-state index in [1.165, 1.54) is 37.7 Å². The minimum Gasteiger partial charge on any atom is -0.508 e.